The number of nitrogens with two attached hydrogens (primary N) is 1. The van der Waals surface area contributed by atoms with E-state index >= 15 is 0 Å². The summed E-state index contributed by atoms with van der Waals surface area (Å²) in [5.74, 6) is -0.850. The molecule has 1 aromatic heterocycles. The standard InChI is InChI=1S/C11H11N6O2.Y/c1-6-7(9(12)18)4-3-5-8(6)10(19)13-11-14-15-16-17(11)2;/h3,5H,1-2H3,(H2,12,18)(H,13,14,16,19);/q-1;. The van der Waals surface area contributed by atoms with Crippen LogP contribution in [0, 0.1) is 13.0 Å². The molecule has 9 heteroatoms. The minimum absolute atomic E-state index is 0. The maximum Gasteiger partial charge on any atom is 0.249 e. The van der Waals surface area contributed by atoms with Crippen LogP contribution in [0.25, 0.3) is 0 Å². The van der Waals surface area contributed by atoms with Crippen molar-refractivity contribution >= 4 is 17.8 Å². The monoisotopic (exact) mass is 348 g/mol. The summed E-state index contributed by atoms with van der Waals surface area (Å²) in [7, 11) is 1.59. The molecule has 0 unspecified atom stereocenters. The van der Waals surface area contributed by atoms with E-state index in [4.69, 9.17) is 5.73 Å². The van der Waals surface area contributed by atoms with Crippen LogP contribution in [-0.2, 0) is 39.8 Å². The van der Waals surface area contributed by atoms with Gasteiger partial charge in [0.15, 0.2) is 5.91 Å². The molecule has 0 saturated heterocycles. The van der Waals surface area contributed by atoms with Crippen LogP contribution < -0.4 is 11.1 Å². The molecular weight excluding hydrogens is 337 g/mol. The Balaban J connectivity index is 0.00000200. The summed E-state index contributed by atoms with van der Waals surface area (Å²) in [6.45, 7) is 1.63. The molecule has 20 heavy (non-hydrogen) atoms. The molecule has 0 fully saturated rings. The van der Waals surface area contributed by atoms with Gasteiger partial charge in [-0.25, -0.2) is 4.68 Å². The average molecular weight is 348 g/mol. The summed E-state index contributed by atoms with van der Waals surface area (Å²) >= 11 is 0. The predicted octanol–water partition coefficient (Wildman–Crippen LogP) is -0.333. The molecule has 1 aromatic carbocycles. The van der Waals surface area contributed by atoms with Crippen molar-refractivity contribution in [2.24, 2.45) is 12.8 Å². The van der Waals surface area contributed by atoms with Crippen molar-refractivity contribution in [3.63, 3.8) is 0 Å². The van der Waals surface area contributed by atoms with E-state index in [1.54, 1.807) is 20.0 Å². The number of amides is 2. The Bertz CT molecular complexity index is 654. The number of nitrogens with zero attached hydrogens (tertiary/aromatic N) is 4. The first-order valence-corrected chi connectivity index (χ1v) is 5.35. The van der Waals surface area contributed by atoms with Gasteiger partial charge in [0.2, 0.25) is 11.9 Å². The summed E-state index contributed by atoms with van der Waals surface area (Å²) in [5, 5.41) is 13.2. The molecule has 0 aliphatic carbocycles. The van der Waals surface area contributed by atoms with Crippen molar-refractivity contribution in [3.05, 3.63) is 34.9 Å². The molecule has 0 aliphatic heterocycles. The van der Waals surface area contributed by atoms with Gasteiger partial charge < -0.3 is 10.5 Å². The fourth-order valence-electron chi connectivity index (χ4n) is 1.58. The van der Waals surface area contributed by atoms with E-state index in [2.05, 4.69) is 26.9 Å². The smallest absolute Gasteiger partial charge is 0.249 e. The minimum Gasteiger partial charge on any atom is -0.404 e. The number of hydrogen-bond acceptors (Lipinski definition) is 5. The van der Waals surface area contributed by atoms with E-state index in [0.29, 0.717) is 11.1 Å². The molecular formula is C11H11N6O2Y-. The molecule has 2 rings (SSSR count). The number of hydrogen-bond donors (Lipinski definition) is 2. The van der Waals surface area contributed by atoms with Crippen molar-refractivity contribution in [3.8, 4) is 0 Å². The normalized spacial score (nSPS) is 9.70. The second kappa shape index (κ2) is 6.67. The topological polar surface area (TPSA) is 116 Å². The molecule has 8 nitrogen and oxygen atoms in total. The van der Waals surface area contributed by atoms with E-state index in [1.165, 1.54) is 10.7 Å². The number of tetrazole rings is 1. The SMILES string of the molecule is Cc1c(C(N)=O)[c-]ccc1C(=O)Nc1nnnn1C.[Y]. The van der Waals surface area contributed by atoms with Gasteiger partial charge in [0.25, 0.3) is 0 Å². The number of nitrogens with one attached hydrogen (secondary N) is 1. The zero-order chi connectivity index (χ0) is 14.0. The fourth-order valence-corrected chi connectivity index (χ4v) is 1.58. The van der Waals surface area contributed by atoms with E-state index in [-0.39, 0.29) is 44.2 Å². The Labute approximate surface area is 140 Å². The van der Waals surface area contributed by atoms with Crippen LogP contribution in [0.15, 0.2) is 12.1 Å². The van der Waals surface area contributed by atoms with Crippen LogP contribution in [0.3, 0.4) is 0 Å². The van der Waals surface area contributed by atoms with Crippen molar-refractivity contribution in [1.29, 1.82) is 0 Å². The molecule has 0 atom stereocenters. The first kappa shape index (κ1) is 16.4. The molecule has 101 valence electrons. The number of benzene rings is 1. The fraction of sp³-hybridized carbons (Fsp3) is 0.182. The van der Waals surface area contributed by atoms with Gasteiger partial charge in [-0.3, -0.25) is 10.1 Å². The van der Waals surface area contributed by atoms with Gasteiger partial charge >= 0.3 is 0 Å². The van der Waals surface area contributed by atoms with E-state index in [9.17, 15) is 9.59 Å². The average Bonchev–Trinajstić information content (AvgIpc) is 2.74. The van der Waals surface area contributed by atoms with Crippen LogP contribution in [0.2, 0.25) is 0 Å². The largest absolute Gasteiger partial charge is 0.404 e. The Morgan fingerprint density at radius 1 is 1.45 bits per heavy atom. The third-order valence-electron chi connectivity index (χ3n) is 2.59. The zero-order valence-electron chi connectivity index (χ0n) is 10.9. The Kier molecular flexibility index (Phi) is 5.46. The third kappa shape index (κ3) is 3.26. The first-order valence-electron chi connectivity index (χ1n) is 5.35. The van der Waals surface area contributed by atoms with Gasteiger partial charge in [0.1, 0.15) is 0 Å². The van der Waals surface area contributed by atoms with Gasteiger partial charge in [-0.05, 0) is 16.0 Å². The van der Waals surface area contributed by atoms with Gasteiger partial charge in [0.05, 0.1) is 0 Å². The summed E-state index contributed by atoms with van der Waals surface area (Å²) in [4.78, 5) is 23.3. The van der Waals surface area contributed by atoms with Crippen LogP contribution in [0.4, 0.5) is 5.95 Å². The maximum absolute atomic E-state index is 12.1. The van der Waals surface area contributed by atoms with Gasteiger partial charge in [-0.15, -0.1) is 23.8 Å². The second-order valence-corrected chi connectivity index (χ2v) is 3.84. The summed E-state index contributed by atoms with van der Waals surface area (Å²) in [6, 6.07) is 5.71. The molecule has 0 spiro atoms. The molecule has 0 bridgehead atoms. The van der Waals surface area contributed by atoms with Crippen LogP contribution in [-0.4, -0.2) is 32.0 Å². The molecule has 0 aliphatic rings. The van der Waals surface area contributed by atoms with Crippen molar-refractivity contribution in [2.75, 3.05) is 5.32 Å². The molecule has 1 radical (unpaired) electrons. The Morgan fingerprint density at radius 2 is 2.15 bits per heavy atom. The van der Waals surface area contributed by atoms with Gasteiger partial charge in [-0.2, -0.15) is 0 Å². The minimum atomic E-state index is -0.632. The maximum atomic E-state index is 12.1. The summed E-state index contributed by atoms with van der Waals surface area (Å²) in [6.07, 6.45) is 0. The zero-order valence-corrected chi connectivity index (χ0v) is 13.8. The summed E-state index contributed by atoms with van der Waals surface area (Å²) < 4.78 is 1.32. The van der Waals surface area contributed by atoms with Crippen LogP contribution in [0.5, 0.6) is 0 Å². The van der Waals surface area contributed by atoms with Gasteiger partial charge in [-0.1, -0.05) is 17.6 Å². The third-order valence-corrected chi connectivity index (χ3v) is 2.59. The predicted molar refractivity (Wildman–Crippen MR) is 65.3 cm³/mol. The van der Waals surface area contributed by atoms with Crippen molar-refractivity contribution in [1.82, 2.24) is 20.2 Å². The number of aromatic nitrogens is 4. The van der Waals surface area contributed by atoms with Crippen molar-refractivity contribution < 1.29 is 42.3 Å². The second-order valence-electron chi connectivity index (χ2n) is 3.84. The molecule has 3 N–H and O–H groups in total. The number of anilines is 1. The number of aryl methyl sites for hydroxylation is 1. The van der Waals surface area contributed by atoms with Crippen LogP contribution in [0.1, 0.15) is 26.3 Å². The summed E-state index contributed by atoms with van der Waals surface area (Å²) in [5.41, 5.74) is 6.17. The van der Waals surface area contributed by atoms with Crippen molar-refractivity contribution in [2.45, 2.75) is 6.92 Å². The van der Waals surface area contributed by atoms with E-state index < -0.39 is 11.8 Å². The van der Waals surface area contributed by atoms with Crippen LogP contribution >= 0.6 is 0 Å². The number of primary amides is 1. The number of carbonyl (C=O) groups excluding carboxylic acids is 2. The molecule has 0 saturated carbocycles. The first-order chi connectivity index (χ1) is 9.00. The Hall–Kier alpha value is -1.67. The molecule has 2 amide bonds. The number of rotatable bonds is 3. The quantitative estimate of drug-likeness (QED) is 0.737. The van der Waals surface area contributed by atoms with Gasteiger partial charge in [0, 0.05) is 39.8 Å². The molecule has 1 heterocycles. The Morgan fingerprint density at radius 3 is 2.70 bits per heavy atom. The van der Waals surface area contributed by atoms with E-state index in [1.807, 2.05) is 0 Å². The molecule has 2 aromatic rings. The number of carbonyl (C=O) groups is 2. The van der Waals surface area contributed by atoms with E-state index in [0.717, 1.165) is 0 Å².